The summed E-state index contributed by atoms with van der Waals surface area (Å²) in [6.07, 6.45) is 0.728. The SMILES string of the molecule is Cc1nnc(CCOc2cccc(N)c2)n1C. The summed E-state index contributed by atoms with van der Waals surface area (Å²) in [5.74, 6) is 2.61. The van der Waals surface area contributed by atoms with Crippen LogP contribution in [0.25, 0.3) is 0 Å². The number of aromatic nitrogens is 3. The highest BCUT2D eigenvalue weighted by Crippen LogP contribution is 2.14. The lowest BCUT2D eigenvalue weighted by Gasteiger charge is -2.06. The second-order valence-corrected chi connectivity index (χ2v) is 3.89. The summed E-state index contributed by atoms with van der Waals surface area (Å²) in [5.41, 5.74) is 6.37. The van der Waals surface area contributed by atoms with Crippen molar-refractivity contribution in [1.29, 1.82) is 0 Å². The fraction of sp³-hybridized carbons (Fsp3) is 0.333. The fourth-order valence-electron chi connectivity index (χ4n) is 1.53. The van der Waals surface area contributed by atoms with Crippen LogP contribution >= 0.6 is 0 Å². The summed E-state index contributed by atoms with van der Waals surface area (Å²) in [6, 6.07) is 7.40. The van der Waals surface area contributed by atoms with Gasteiger partial charge in [0.1, 0.15) is 17.4 Å². The Bertz CT molecular complexity index is 507. The number of nitrogen functional groups attached to an aromatic ring is 1. The first kappa shape index (κ1) is 11.4. The summed E-state index contributed by atoms with van der Waals surface area (Å²) < 4.78 is 7.55. The minimum absolute atomic E-state index is 0.565. The molecule has 90 valence electrons. The molecular weight excluding hydrogens is 216 g/mol. The third-order valence-electron chi connectivity index (χ3n) is 2.64. The number of nitrogens with two attached hydrogens (primary N) is 1. The third-order valence-corrected chi connectivity index (χ3v) is 2.64. The van der Waals surface area contributed by atoms with Crippen molar-refractivity contribution >= 4 is 5.69 Å². The zero-order valence-corrected chi connectivity index (χ0v) is 10.1. The number of hydrogen-bond donors (Lipinski definition) is 1. The van der Waals surface area contributed by atoms with Gasteiger partial charge in [0.25, 0.3) is 0 Å². The van der Waals surface area contributed by atoms with E-state index in [1.165, 1.54) is 0 Å². The van der Waals surface area contributed by atoms with Crippen molar-refractivity contribution in [3.63, 3.8) is 0 Å². The van der Waals surface area contributed by atoms with Crippen LogP contribution in [0.3, 0.4) is 0 Å². The fourth-order valence-corrected chi connectivity index (χ4v) is 1.53. The molecule has 0 saturated heterocycles. The highest BCUT2D eigenvalue weighted by atomic mass is 16.5. The molecule has 5 nitrogen and oxygen atoms in total. The number of rotatable bonds is 4. The molecule has 0 saturated carbocycles. The number of hydrogen-bond acceptors (Lipinski definition) is 4. The van der Waals surface area contributed by atoms with E-state index in [9.17, 15) is 0 Å². The standard InChI is InChI=1S/C12H16N4O/c1-9-14-15-12(16(9)2)6-7-17-11-5-3-4-10(13)8-11/h3-5,8H,6-7,13H2,1-2H3. The second kappa shape index (κ2) is 4.86. The monoisotopic (exact) mass is 232 g/mol. The zero-order valence-electron chi connectivity index (χ0n) is 10.1. The van der Waals surface area contributed by atoms with Crippen LogP contribution in [-0.4, -0.2) is 21.4 Å². The van der Waals surface area contributed by atoms with Gasteiger partial charge >= 0.3 is 0 Å². The normalized spacial score (nSPS) is 10.5. The van der Waals surface area contributed by atoms with Crippen LogP contribution in [0.5, 0.6) is 5.75 Å². The van der Waals surface area contributed by atoms with E-state index in [0.717, 1.165) is 23.8 Å². The van der Waals surface area contributed by atoms with Gasteiger partial charge in [0.15, 0.2) is 0 Å². The Labute approximate surface area is 100 Å². The molecule has 1 aromatic carbocycles. The van der Waals surface area contributed by atoms with Crippen LogP contribution in [0, 0.1) is 6.92 Å². The molecule has 0 bridgehead atoms. The highest BCUT2D eigenvalue weighted by molar-refractivity contribution is 5.43. The molecule has 1 heterocycles. The Morgan fingerprint density at radius 2 is 2.18 bits per heavy atom. The number of ether oxygens (including phenoxy) is 1. The van der Waals surface area contributed by atoms with Crippen molar-refractivity contribution < 1.29 is 4.74 Å². The van der Waals surface area contributed by atoms with E-state index in [0.29, 0.717) is 12.3 Å². The lowest BCUT2D eigenvalue weighted by atomic mass is 10.3. The summed E-state index contributed by atoms with van der Waals surface area (Å²) >= 11 is 0. The molecule has 2 rings (SSSR count). The Morgan fingerprint density at radius 3 is 2.82 bits per heavy atom. The van der Waals surface area contributed by atoms with E-state index in [1.807, 2.05) is 42.8 Å². The molecular formula is C12H16N4O. The number of nitrogens with zero attached hydrogens (tertiary/aromatic N) is 3. The Kier molecular flexibility index (Phi) is 3.27. The molecule has 0 atom stereocenters. The van der Waals surface area contributed by atoms with E-state index in [2.05, 4.69) is 10.2 Å². The van der Waals surface area contributed by atoms with Crippen molar-refractivity contribution in [2.75, 3.05) is 12.3 Å². The van der Waals surface area contributed by atoms with Crippen LogP contribution in [0.15, 0.2) is 24.3 Å². The summed E-state index contributed by atoms with van der Waals surface area (Å²) in [7, 11) is 1.95. The Hall–Kier alpha value is -2.04. The van der Waals surface area contributed by atoms with Gasteiger partial charge in [-0.05, 0) is 19.1 Å². The van der Waals surface area contributed by atoms with Gasteiger partial charge in [-0.25, -0.2) is 0 Å². The van der Waals surface area contributed by atoms with Gasteiger partial charge < -0.3 is 15.0 Å². The van der Waals surface area contributed by atoms with Gasteiger partial charge in [0, 0.05) is 25.2 Å². The number of benzene rings is 1. The molecule has 0 aliphatic carbocycles. The van der Waals surface area contributed by atoms with Gasteiger partial charge in [0.2, 0.25) is 0 Å². The van der Waals surface area contributed by atoms with Gasteiger partial charge in [0.05, 0.1) is 6.61 Å². The van der Waals surface area contributed by atoms with Crippen LogP contribution in [0.4, 0.5) is 5.69 Å². The number of aryl methyl sites for hydroxylation is 1. The smallest absolute Gasteiger partial charge is 0.136 e. The quantitative estimate of drug-likeness (QED) is 0.807. The summed E-state index contributed by atoms with van der Waals surface area (Å²) in [5, 5.41) is 8.07. The predicted molar refractivity (Wildman–Crippen MR) is 65.8 cm³/mol. The van der Waals surface area contributed by atoms with Gasteiger partial charge in [-0.2, -0.15) is 0 Å². The summed E-state index contributed by atoms with van der Waals surface area (Å²) in [6.45, 7) is 2.49. The molecule has 2 N–H and O–H groups in total. The van der Waals surface area contributed by atoms with Crippen LogP contribution in [0.2, 0.25) is 0 Å². The van der Waals surface area contributed by atoms with Crippen molar-refractivity contribution in [3.8, 4) is 5.75 Å². The van der Waals surface area contributed by atoms with Crippen molar-refractivity contribution in [2.24, 2.45) is 7.05 Å². The van der Waals surface area contributed by atoms with Gasteiger partial charge in [-0.1, -0.05) is 6.07 Å². The lowest BCUT2D eigenvalue weighted by Crippen LogP contribution is -2.07. The highest BCUT2D eigenvalue weighted by Gasteiger charge is 2.04. The molecule has 0 aliphatic rings. The van der Waals surface area contributed by atoms with Gasteiger partial charge in [-0.3, -0.25) is 0 Å². The molecule has 0 radical (unpaired) electrons. The van der Waals surface area contributed by atoms with Gasteiger partial charge in [-0.15, -0.1) is 10.2 Å². The molecule has 0 aliphatic heterocycles. The minimum Gasteiger partial charge on any atom is -0.493 e. The molecule has 1 aromatic heterocycles. The van der Waals surface area contributed by atoms with Crippen LogP contribution in [-0.2, 0) is 13.5 Å². The topological polar surface area (TPSA) is 66.0 Å². The molecule has 0 amide bonds. The number of anilines is 1. The summed E-state index contributed by atoms with van der Waals surface area (Å²) in [4.78, 5) is 0. The average Bonchev–Trinajstić information content (AvgIpc) is 2.61. The molecule has 5 heteroatoms. The molecule has 0 unspecified atom stereocenters. The molecule has 0 spiro atoms. The Morgan fingerprint density at radius 1 is 1.35 bits per heavy atom. The first-order chi connectivity index (χ1) is 8.16. The van der Waals surface area contributed by atoms with E-state index in [-0.39, 0.29) is 0 Å². The molecule has 0 fully saturated rings. The van der Waals surface area contributed by atoms with Crippen molar-refractivity contribution in [3.05, 3.63) is 35.9 Å². The Balaban J connectivity index is 1.90. The van der Waals surface area contributed by atoms with E-state index in [4.69, 9.17) is 10.5 Å². The van der Waals surface area contributed by atoms with E-state index < -0.39 is 0 Å². The first-order valence-electron chi connectivity index (χ1n) is 5.50. The van der Waals surface area contributed by atoms with Crippen LogP contribution in [0.1, 0.15) is 11.6 Å². The van der Waals surface area contributed by atoms with Crippen molar-refractivity contribution in [2.45, 2.75) is 13.3 Å². The molecule has 2 aromatic rings. The lowest BCUT2D eigenvalue weighted by molar-refractivity contribution is 0.317. The zero-order chi connectivity index (χ0) is 12.3. The van der Waals surface area contributed by atoms with E-state index in [1.54, 1.807) is 0 Å². The maximum Gasteiger partial charge on any atom is 0.136 e. The van der Waals surface area contributed by atoms with Crippen molar-refractivity contribution in [1.82, 2.24) is 14.8 Å². The minimum atomic E-state index is 0.565. The predicted octanol–water partition coefficient (Wildman–Crippen LogP) is 1.33. The largest absolute Gasteiger partial charge is 0.493 e. The van der Waals surface area contributed by atoms with Crippen LogP contribution < -0.4 is 10.5 Å². The first-order valence-corrected chi connectivity index (χ1v) is 5.50. The average molecular weight is 232 g/mol. The second-order valence-electron chi connectivity index (χ2n) is 3.89. The maximum absolute atomic E-state index is 5.66. The third kappa shape index (κ3) is 2.75. The molecule has 17 heavy (non-hydrogen) atoms. The van der Waals surface area contributed by atoms with E-state index >= 15 is 0 Å². The maximum atomic E-state index is 5.66.